The van der Waals surface area contributed by atoms with E-state index in [9.17, 15) is 8.42 Å². The molecule has 4 nitrogen and oxygen atoms in total. The van der Waals surface area contributed by atoms with Crippen molar-refractivity contribution in [3.05, 3.63) is 22.7 Å². The Hall–Kier alpha value is -0.590. The highest BCUT2D eigenvalue weighted by molar-refractivity contribution is 9.10. The normalized spacial score (nSPS) is 11.6. The molecule has 14 heavy (non-hydrogen) atoms. The molecular formula is C8H10BrNO3S. The van der Waals surface area contributed by atoms with Crippen LogP contribution >= 0.6 is 15.9 Å². The number of hydrogen-bond donors (Lipinski definition) is 2. The Morgan fingerprint density at radius 3 is 2.71 bits per heavy atom. The first-order valence-electron chi connectivity index (χ1n) is 3.95. The molecule has 1 aromatic rings. The van der Waals surface area contributed by atoms with Crippen molar-refractivity contribution in [2.45, 2.75) is 11.8 Å². The first-order chi connectivity index (χ1) is 6.47. The molecule has 0 saturated heterocycles. The van der Waals surface area contributed by atoms with Crippen LogP contribution in [0.4, 0.5) is 0 Å². The predicted molar refractivity (Wildman–Crippen MR) is 56.7 cm³/mol. The van der Waals surface area contributed by atoms with Gasteiger partial charge in [0, 0.05) is 17.1 Å². The van der Waals surface area contributed by atoms with Crippen molar-refractivity contribution in [3.8, 4) is 5.75 Å². The van der Waals surface area contributed by atoms with Gasteiger partial charge in [-0.15, -0.1) is 0 Å². The van der Waals surface area contributed by atoms with Crippen LogP contribution in [0, 0.1) is 0 Å². The third-order valence-corrected chi connectivity index (χ3v) is 4.08. The van der Waals surface area contributed by atoms with Crippen LogP contribution < -0.4 is 4.72 Å². The van der Waals surface area contributed by atoms with E-state index < -0.39 is 10.0 Å². The van der Waals surface area contributed by atoms with Gasteiger partial charge in [-0.3, -0.25) is 0 Å². The van der Waals surface area contributed by atoms with E-state index >= 15 is 0 Å². The van der Waals surface area contributed by atoms with E-state index in [-0.39, 0.29) is 10.6 Å². The topological polar surface area (TPSA) is 66.4 Å². The number of halogens is 1. The molecule has 0 amide bonds. The maximum Gasteiger partial charge on any atom is 0.241 e. The summed E-state index contributed by atoms with van der Waals surface area (Å²) < 4.78 is 25.9. The quantitative estimate of drug-likeness (QED) is 0.880. The molecule has 0 aliphatic heterocycles. The molecule has 2 N–H and O–H groups in total. The molecule has 0 radical (unpaired) electrons. The van der Waals surface area contributed by atoms with E-state index in [1.54, 1.807) is 6.92 Å². The zero-order valence-electron chi connectivity index (χ0n) is 7.49. The number of aromatic hydroxyl groups is 1. The second kappa shape index (κ2) is 4.29. The maximum atomic E-state index is 11.6. The minimum absolute atomic E-state index is 0.0411. The van der Waals surface area contributed by atoms with Crippen LogP contribution in [0.1, 0.15) is 6.92 Å². The third kappa shape index (κ3) is 2.46. The van der Waals surface area contributed by atoms with E-state index in [0.29, 0.717) is 11.0 Å². The van der Waals surface area contributed by atoms with Gasteiger partial charge in [0.1, 0.15) is 5.75 Å². The Bertz CT molecular complexity index is 430. The standard InChI is InChI=1S/C8H10BrNO3S/c1-2-10-14(12,13)8-5-6(11)3-4-7(8)9/h3-5,10-11H,2H2,1H3. The lowest BCUT2D eigenvalue weighted by Gasteiger charge is -2.06. The third-order valence-electron chi connectivity index (χ3n) is 1.54. The summed E-state index contributed by atoms with van der Waals surface area (Å²) in [5.74, 6) is -0.0790. The number of hydrogen-bond acceptors (Lipinski definition) is 3. The van der Waals surface area contributed by atoms with Gasteiger partial charge in [0.2, 0.25) is 10.0 Å². The minimum atomic E-state index is -3.52. The fourth-order valence-electron chi connectivity index (χ4n) is 0.966. The smallest absolute Gasteiger partial charge is 0.241 e. The van der Waals surface area contributed by atoms with Crippen LogP contribution in [0.5, 0.6) is 5.75 Å². The van der Waals surface area contributed by atoms with Gasteiger partial charge >= 0.3 is 0 Å². The molecule has 0 unspecified atom stereocenters. The largest absolute Gasteiger partial charge is 0.508 e. The predicted octanol–water partition coefficient (Wildman–Crippen LogP) is 1.45. The summed E-state index contributed by atoms with van der Waals surface area (Å²) in [5.41, 5.74) is 0. The van der Waals surface area contributed by atoms with Gasteiger partial charge in [0.15, 0.2) is 0 Å². The maximum absolute atomic E-state index is 11.6. The van der Waals surface area contributed by atoms with Crippen molar-refractivity contribution in [3.63, 3.8) is 0 Å². The molecule has 0 saturated carbocycles. The summed E-state index contributed by atoms with van der Waals surface area (Å²) in [7, 11) is -3.52. The Kier molecular flexibility index (Phi) is 3.52. The van der Waals surface area contributed by atoms with Gasteiger partial charge in [-0.05, 0) is 28.1 Å². The van der Waals surface area contributed by atoms with Crippen molar-refractivity contribution in [2.24, 2.45) is 0 Å². The molecule has 0 aliphatic rings. The fraction of sp³-hybridized carbons (Fsp3) is 0.250. The second-order valence-corrected chi connectivity index (χ2v) is 5.21. The highest BCUT2D eigenvalue weighted by Gasteiger charge is 2.16. The van der Waals surface area contributed by atoms with Crippen LogP contribution in [0.2, 0.25) is 0 Å². The number of benzene rings is 1. The van der Waals surface area contributed by atoms with Gasteiger partial charge < -0.3 is 5.11 Å². The molecule has 0 aliphatic carbocycles. The molecule has 0 aromatic heterocycles. The zero-order valence-corrected chi connectivity index (χ0v) is 9.89. The summed E-state index contributed by atoms with van der Waals surface area (Å²) in [6.07, 6.45) is 0. The fourth-order valence-corrected chi connectivity index (χ4v) is 2.99. The van der Waals surface area contributed by atoms with Crippen LogP contribution in [0.25, 0.3) is 0 Å². The van der Waals surface area contributed by atoms with Crippen molar-refractivity contribution < 1.29 is 13.5 Å². The molecule has 0 atom stereocenters. The number of nitrogens with one attached hydrogen (secondary N) is 1. The molecule has 0 bridgehead atoms. The van der Waals surface area contributed by atoms with Crippen LogP contribution in [0.3, 0.4) is 0 Å². The lowest BCUT2D eigenvalue weighted by atomic mass is 10.3. The Morgan fingerprint density at radius 1 is 1.50 bits per heavy atom. The highest BCUT2D eigenvalue weighted by Crippen LogP contribution is 2.25. The van der Waals surface area contributed by atoms with Crippen LogP contribution in [0.15, 0.2) is 27.6 Å². The van der Waals surface area contributed by atoms with Gasteiger partial charge in [-0.25, -0.2) is 13.1 Å². The monoisotopic (exact) mass is 279 g/mol. The molecular weight excluding hydrogens is 270 g/mol. The Labute approximate surface area is 91.1 Å². The number of rotatable bonds is 3. The summed E-state index contributed by atoms with van der Waals surface area (Å²) in [5, 5.41) is 9.16. The average molecular weight is 280 g/mol. The lowest BCUT2D eigenvalue weighted by molar-refractivity contribution is 0.472. The molecule has 0 spiro atoms. The zero-order chi connectivity index (χ0) is 10.8. The van der Waals surface area contributed by atoms with Crippen LogP contribution in [-0.2, 0) is 10.0 Å². The lowest BCUT2D eigenvalue weighted by Crippen LogP contribution is -2.23. The Morgan fingerprint density at radius 2 is 2.14 bits per heavy atom. The van der Waals surface area contributed by atoms with Crippen molar-refractivity contribution >= 4 is 26.0 Å². The van der Waals surface area contributed by atoms with E-state index in [2.05, 4.69) is 20.7 Å². The van der Waals surface area contributed by atoms with E-state index in [0.717, 1.165) is 0 Å². The van der Waals surface area contributed by atoms with E-state index in [4.69, 9.17) is 5.11 Å². The van der Waals surface area contributed by atoms with E-state index in [1.807, 2.05) is 0 Å². The number of sulfonamides is 1. The average Bonchev–Trinajstić information content (AvgIpc) is 2.09. The van der Waals surface area contributed by atoms with E-state index in [1.165, 1.54) is 18.2 Å². The summed E-state index contributed by atoms with van der Waals surface area (Å²) in [4.78, 5) is 0.0411. The summed E-state index contributed by atoms with van der Waals surface area (Å²) in [6.45, 7) is 2.00. The summed E-state index contributed by atoms with van der Waals surface area (Å²) >= 11 is 3.11. The SMILES string of the molecule is CCNS(=O)(=O)c1cc(O)ccc1Br. The first-order valence-corrected chi connectivity index (χ1v) is 6.23. The molecule has 0 fully saturated rings. The molecule has 1 rings (SSSR count). The van der Waals surface area contributed by atoms with Gasteiger partial charge in [0.25, 0.3) is 0 Å². The molecule has 0 heterocycles. The second-order valence-electron chi connectivity index (χ2n) is 2.62. The Balaban J connectivity index is 3.25. The molecule has 6 heteroatoms. The van der Waals surface area contributed by atoms with Gasteiger partial charge in [-0.1, -0.05) is 6.92 Å². The highest BCUT2D eigenvalue weighted by atomic mass is 79.9. The van der Waals surface area contributed by atoms with Gasteiger partial charge in [-0.2, -0.15) is 0 Å². The first kappa shape index (κ1) is 11.5. The summed E-state index contributed by atoms with van der Waals surface area (Å²) in [6, 6.07) is 4.09. The van der Waals surface area contributed by atoms with Gasteiger partial charge in [0.05, 0.1) is 4.90 Å². The molecule has 78 valence electrons. The number of phenols is 1. The van der Waals surface area contributed by atoms with Crippen molar-refractivity contribution in [2.75, 3.05) is 6.54 Å². The minimum Gasteiger partial charge on any atom is -0.508 e. The number of phenolic OH excluding ortho intramolecular Hbond substituents is 1. The van der Waals surface area contributed by atoms with Crippen LogP contribution in [-0.4, -0.2) is 20.1 Å². The van der Waals surface area contributed by atoms with Crippen molar-refractivity contribution in [1.82, 2.24) is 4.72 Å². The molecule has 1 aromatic carbocycles. The van der Waals surface area contributed by atoms with Crippen molar-refractivity contribution in [1.29, 1.82) is 0 Å².